The molecule has 0 saturated carbocycles. The van der Waals surface area contributed by atoms with Crippen LogP contribution in [0, 0.1) is 0 Å². The van der Waals surface area contributed by atoms with E-state index in [1.165, 1.54) is 21.3 Å². The van der Waals surface area contributed by atoms with Crippen molar-refractivity contribution in [1.82, 2.24) is 10.2 Å². The molecule has 0 unspecified atom stereocenters. The summed E-state index contributed by atoms with van der Waals surface area (Å²) in [5.74, 6) is 2.96. The SMILES string of the molecule is COc1cc(/C=C/c2ccc(OC(=O)CSc3nnc(-c4cc(OC)c(OC)c(OC)c4)o3)cc2)cc(OC)c1. The number of esters is 1. The summed E-state index contributed by atoms with van der Waals surface area (Å²) >= 11 is 1.07. The fraction of sp³-hybridized carbons (Fsp3) is 0.207. The van der Waals surface area contributed by atoms with Gasteiger partial charge in [0.25, 0.3) is 5.22 Å². The zero-order valence-corrected chi connectivity index (χ0v) is 23.4. The number of thioether (sulfide) groups is 1. The first-order valence-electron chi connectivity index (χ1n) is 11.9. The van der Waals surface area contributed by atoms with Crippen LogP contribution in [0.5, 0.6) is 34.5 Å². The van der Waals surface area contributed by atoms with E-state index in [0.717, 1.165) is 22.9 Å². The summed E-state index contributed by atoms with van der Waals surface area (Å²) in [6, 6.07) is 16.2. The summed E-state index contributed by atoms with van der Waals surface area (Å²) in [7, 11) is 7.78. The minimum atomic E-state index is -0.454. The molecule has 40 heavy (non-hydrogen) atoms. The lowest BCUT2D eigenvalue weighted by Gasteiger charge is -2.12. The van der Waals surface area contributed by atoms with Crippen LogP contribution in [-0.2, 0) is 4.79 Å². The van der Waals surface area contributed by atoms with Crippen molar-refractivity contribution in [2.75, 3.05) is 41.3 Å². The maximum absolute atomic E-state index is 12.4. The van der Waals surface area contributed by atoms with Crippen LogP contribution in [0.4, 0.5) is 0 Å². The van der Waals surface area contributed by atoms with E-state index in [0.29, 0.717) is 40.1 Å². The monoisotopic (exact) mass is 564 g/mol. The summed E-state index contributed by atoms with van der Waals surface area (Å²) in [4.78, 5) is 12.4. The van der Waals surface area contributed by atoms with Crippen LogP contribution in [-0.4, -0.2) is 57.5 Å². The average Bonchev–Trinajstić information content (AvgIpc) is 3.47. The third kappa shape index (κ3) is 7.06. The zero-order chi connectivity index (χ0) is 28.5. The van der Waals surface area contributed by atoms with Crippen molar-refractivity contribution >= 4 is 29.9 Å². The number of benzene rings is 3. The van der Waals surface area contributed by atoms with Crippen molar-refractivity contribution < 1.29 is 37.6 Å². The Morgan fingerprint density at radius 2 is 1.38 bits per heavy atom. The van der Waals surface area contributed by atoms with Crippen LogP contribution in [0.2, 0.25) is 0 Å². The highest BCUT2D eigenvalue weighted by Crippen LogP contribution is 2.41. The van der Waals surface area contributed by atoms with Crippen molar-refractivity contribution in [2.45, 2.75) is 5.22 Å². The van der Waals surface area contributed by atoms with Gasteiger partial charge in [0.05, 0.1) is 35.5 Å². The van der Waals surface area contributed by atoms with E-state index in [-0.39, 0.29) is 16.9 Å². The summed E-state index contributed by atoms with van der Waals surface area (Å²) < 4.78 is 37.8. The molecule has 0 N–H and O–H groups in total. The second-order valence-corrected chi connectivity index (χ2v) is 9.02. The Morgan fingerprint density at radius 3 is 1.95 bits per heavy atom. The quantitative estimate of drug-likeness (QED) is 0.0921. The molecule has 0 aliphatic heterocycles. The molecule has 0 aliphatic rings. The molecular weight excluding hydrogens is 536 g/mol. The molecule has 0 saturated heterocycles. The average molecular weight is 565 g/mol. The third-order valence-electron chi connectivity index (χ3n) is 5.59. The van der Waals surface area contributed by atoms with Gasteiger partial charge in [0.15, 0.2) is 11.5 Å². The predicted octanol–water partition coefficient (Wildman–Crippen LogP) is 5.65. The molecule has 11 heteroatoms. The molecule has 1 aromatic heterocycles. The smallest absolute Gasteiger partial charge is 0.321 e. The summed E-state index contributed by atoms with van der Waals surface area (Å²) in [5, 5.41) is 8.29. The molecule has 0 amide bonds. The first kappa shape index (κ1) is 28.4. The highest BCUT2D eigenvalue weighted by Gasteiger charge is 2.18. The van der Waals surface area contributed by atoms with E-state index in [1.807, 2.05) is 42.5 Å². The molecule has 0 spiro atoms. The van der Waals surface area contributed by atoms with Crippen LogP contribution < -0.4 is 28.4 Å². The van der Waals surface area contributed by atoms with Gasteiger partial charge in [0, 0.05) is 11.6 Å². The van der Waals surface area contributed by atoms with Crippen molar-refractivity contribution in [1.29, 1.82) is 0 Å². The second kappa shape index (κ2) is 13.4. The third-order valence-corrected chi connectivity index (χ3v) is 6.38. The van der Waals surface area contributed by atoms with Crippen LogP contribution >= 0.6 is 11.8 Å². The minimum Gasteiger partial charge on any atom is -0.497 e. The fourth-order valence-corrected chi connectivity index (χ4v) is 4.17. The van der Waals surface area contributed by atoms with Gasteiger partial charge >= 0.3 is 5.97 Å². The number of nitrogens with zero attached hydrogens (tertiary/aromatic N) is 2. The van der Waals surface area contributed by atoms with Gasteiger partial charge in [-0.1, -0.05) is 36.0 Å². The molecule has 208 valence electrons. The molecule has 0 fully saturated rings. The van der Waals surface area contributed by atoms with Crippen LogP contribution in [0.3, 0.4) is 0 Å². The van der Waals surface area contributed by atoms with Gasteiger partial charge < -0.3 is 32.8 Å². The van der Waals surface area contributed by atoms with Crippen LogP contribution in [0.15, 0.2) is 64.2 Å². The van der Waals surface area contributed by atoms with Crippen LogP contribution in [0.1, 0.15) is 11.1 Å². The second-order valence-electron chi connectivity index (χ2n) is 8.10. The Morgan fingerprint density at radius 1 is 0.750 bits per heavy atom. The van der Waals surface area contributed by atoms with Gasteiger partial charge in [0.1, 0.15) is 23.0 Å². The number of methoxy groups -OCH3 is 5. The van der Waals surface area contributed by atoms with E-state index in [2.05, 4.69) is 10.2 Å². The lowest BCUT2D eigenvalue weighted by Crippen LogP contribution is -2.10. The normalized spacial score (nSPS) is 10.8. The van der Waals surface area contributed by atoms with Gasteiger partial charge in [0.2, 0.25) is 11.6 Å². The number of ether oxygens (including phenoxy) is 6. The number of hydrogen-bond donors (Lipinski definition) is 0. The topological polar surface area (TPSA) is 111 Å². The Kier molecular flexibility index (Phi) is 9.53. The Balaban J connectivity index is 1.33. The molecule has 0 aliphatic carbocycles. The predicted molar refractivity (Wildman–Crippen MR) is 151 cm³/mol. The zero-order valence-electron chi connectivity index (χ0n) is 22.6. The lowest BCUT2D eigenvalue weighted by atomic mass is 10.1. The molecule has 0 bridgehead atoms. The van der Waals surface area contributed by atoms with Gasteiger partial charge in [-0.05, 0) is 47.5 Å². The Labute approximate surface area is 235 Å². The largest absolute Gasteiger partial charge is 0.497 e. The van der Waals surface area contributed by atoms with Gasteiger partial charge in [-0.15, -0.1) is 10.2 Å². The molecule has 1 heterocycles. The lowest BCUT2D eigenvalue weighted by molar-refractivity contribution is -0.131. The van der Waals surface area contributed by atoms with Crippen molar-refractivity contribution in [3.63, 3.8) is 0 Å². The highest BCUT2D eigenvalue weighted by atomic mass is 32.2. The summed E-state index contributed by atoms with van der Waals surface area (Å²) in [6.45, 7) is 0. The van der Waals surface area contributed by atoms with E-state index >= 15 is 0 Å². The number of carbonyl (C=O) groups excluding carboxylic acids is 1. The maximum Gasteiger partial charge on any atom is 0.321 e. The molecule has 0 radical (unpaired) electrons. The van der Waals surface area contributed by atoms with E-state index in [9.17, 15) is 4.79 Å². The molecule has 3 aromatic carbocycles. The Bertz CT molecular complexity index is 1440. The van der Waals surface area contributed by atoms with Crippen molar-refractivity contribution in [3.05, 3.63) is 65.7 Å². The fourth-order valence-electron chi connectivity index (χ4n) is 3.64. The van der Waals surface area contributed by atoms with E-state index < -0.39 is 5.97 Å². The van der Waals surface area contributed by atoms with Gasteiger partial charge in [-0.25, -0.2) is 0 Å². The standard InChI is InChI=1S/C29H28N2O8S/c1-33-22-12-19(13-23(16-22)34-2)7-6-18-8-10-21(11-9-18)38-26(32)17-40-29-31-30-28(39-29)20-14-24(35-3)27(37-5)25(15-20)36-4/h6-16H,17H2,1-5H3/b7-6+. The van der Waals surface area contributed by atoms with Crippen molar-refractivity contribution in [2.24, 2.45) is 0 Å². The number of hydrogen-bond acceptors (Lipinski definition) is 11. The van der Waals surface area contributed by atoms with Gasteiger partial charge in [-0.2, -0.15) is 0 Å². The van der Waals surface area contributed by atoms with Crippen molar-refractivity contribution in [3.8, 4) is 46.0 Å². The Hall–Kier alpha value is -4.64. The molecule has 10 nitrogen and oxygen atoms in total. The molecule has 4 aromatic rings. The van der Waals surface area contributed by atoms with Crippen LogP contribution in [0.25, 0.3) is 23.6 Å². The number of aromatic nitrogens is 2. The first-order valence-corrected chi connectivity index (χ1v) is 12.9. The molecular formula is C29H28N2O8S. The van der Waals surface area contributed by atoms with E-state index in [1.54, 1.807) is 38.5 Å². The summed E-state index contributed by atoms with van der Waals surface area (Å²) in [5.41, 5.74) is 2.44. The minimum absolute atomic E-state index is 0.0176. The summed E-state index contributed by atoms with van der Waals surface area (Å²) in [6.07, 6.45) is 3.89. The first-order chi connectivity index (χ1) is 19.5. The number of carbonyl (C=O) groups is 1. The maximum atomic E-state index is 12.4. The van der Waals surface area contributed by atoms with E-state index in [4.69, 9.17) is 32.8 Å². The molecule has 0 atom stereocenters. The highest BCUT2D eigenvalue weighted by molar-refractivity contribution is 7.99. The van der Waals surface area contributed by atoms with Gasteiger partial charge in [-0.3, -0.25) is 4.79 Å². The number of rotatable bonds is 12. The molecule has 4 rings (SSSR count).